The third-order valence-electron chi connectivity index (χ3n) is 3.56. The van der Waals surface area contributed by atoms with Crippen LogP contribution >= 0.6 is 0 Å². The Bertz CT molecular complexity index is 627. The molecule has 0 radical (unpaired) electrons. The minimum absolute atomic E-state index is 0.322. The molecule has 0 N–H and O–H groups in total. The molecule has 0 aromatic heterocycles. The predicted octanol–water partition coefficient (Wildman–Crippen LogP) is 4.88. The van der Waals surface area contributed by atoms with E-state index in [1.54, 1.807) is 12.1 Å². The summed E-state index contributed by atoms with van der Waals surface area (Å²) in [5, 5.41) is 0. The average Bonchev–Trinajstić information content (AvgIpc) is 2.61. The van der Waals surface area contributed by atoms with E-state index in [-0.39, 0.29) is 5.97 Å². The van der Waals surface area contributed by atoms with Crippen LogP contribution in [0.3, 0.4) is 0 Å². The van der Waals surface area contributed by atoms with Crippen molar-refractivity contribution in [3.8, 4) is 16.9 Å². The lowest BCUT2D eigenvalue weighted by Gasteiger charge is -2.07. The first kappa shape index (κ1) is 16.8. The lowest BCUT2D eigenvalue weighted by atomic mass is 10.0. The zero-order valence-electron chi connectivity index (χ0n) is 13.5. The Hall–Kier alpha value is -2.55. The van der Waals surface area contributed by atoms with Crippen molar-refractivity contribution in [2.24, 2.45) is 0 Å². The van der Waals surface area contributed by atoms with Gasteiger partial charge in [-0.2, -0.15) is 0 Å². The fraction of sp³-hybridized carbons (Fsp3) is 0.250. The zero-order chi connectivity index (χ0) is 16.5. The fourth-order valence-corrected chi connectivity index (χ4v) is 2.24. The Morgan fingerprint density at radius 3 is 2.17 bits per heavy atom. The molecule has 0 unspecified atom stereocenters. The topological polar surface area (TPSA) is 35.5 Å². The molecule has 0 aliphatic rings. The molecule has 0 saturated carbocycles. The second kappa shape index (κ2) is 8.79. The number of rotatable bonds is 8. The molecule has 23 heavy (non-hydrogen) atoms. The summed E-state index contributed by atoms with van der Waals surface area (Å²) in [7, 11) is 1.38. The van der Waals surface area contributed by atoms with Gasteiger partial charge in [-0.25, -0.2) is 4.79 Å². The van der Waals surface area contributed by atoms with E-state index in [2.05, 4.69) is 6.58 Å². The van der Waals surface area contributed by atoms with Crippen molar-refractivity contribution in [2.75, 3.05) is 13.7 Å². The van der Waals surface area contributed by atoms with Crippen molar-refractivity contribution in [1.29, 1.82) is 0 Å². The van der Waals surface area contributed by atoms with E-state index in [0.717, 1.165) is 42.7 Å². The molecule has 2 aromatic carbocycles. The number of carbonyl (C=O) groups is 1. The lowest BCUT2D eigenvalue weighted by molar-refractivity contribution is 0.0601. The molecule has 2 aromatic rings. The number of unbranched alkanes of at least 4 members (excludes halogenated alkanes) is 2. The molecule has 3 heteroatoms. The van der Waals surface area contributed by atoms with Crippen molar-refractivity contribution in [3.63, 3.8) is 0 Å². The van der Waals surface area contributed by atoms with Crippen LogP contribution < -0.4 is 4.74 Å². The van der Waals surface area contributed by atoms with Gasteiger partial charge in [-0.1, -0.05) is 30.3 Å². The quantitative estimate of drug-likeness (QED) is 0.396. The number of ether oxygens (including phenoxy) is 2. The highest BCUT2D eigenvalue weighted by atomic mass is 16.5. The Labute approximate surface area is 137 Å². The van der Waals surface area contributed by atoms with Crippen LogP contribution in [0.25, 0.3) is 11.1 Å². The Morgan fingerprint density at radius 1 is 1.00 bits per heavy atom. The van der Waals surface area contributed by atoms with Crippen molar-refractivity contribution >= 4 is 5.97 Å². The molecule has 0 aliphatic carbocycles. The van der Waals surface area contributed by atoms with E-state index in [9.17, 15) is 4.79 Å². The molecule has 0 bridgehead atoms. The smallest absolute Gasteiger partial charge is 0.337 e. The predicted molar refractivity (Wildman–Crippen MR) is 92.8 cm³/mol. The second-order valence-corrected chi connectivity index (χ2v) is 5.23. The Balaban J connectivity index is 1.93. The second-order valence-electron chi connectivity index (χ2n) is 5.23. The minimum Gasteiger partial charge on any atom is -0.494 e. The van der Waals surface area contributed by atoms with Crippen LogP contribution in [0.2, 0.25) is 0 Å². The van der Waals surface area contributed by atoms with Gasteiger partial charge in [0.05, 0.1) is 19.3 Å². The van der Waals surface area contributed by atoms with Gasteiger partial charge in [0, 0.05) is 0 Å². The average molecular weight is 310 g/mol. The normalized spacial score (nSPS) is 10.1. The van der Waals surface area contributed by atoms with Crippen LogP contribution in [0, 0.1) is 0 Å². The molecule has 3 nitrogen and oxygen atoms in total. The first-order valence-corrected chi connectivity index (χ1v) is 7.77. The van der Waals surface area contributed by atoms with Gasteiger partial charge in [0.15, 0.2) is 0 Å². The summed E-state index contributed by atoms with van der Waals surface area (Å²) in [6.07, 6.45) is 5.10. The van der Waals surface area contributed by atoms with E-state index in [0.29, 0.717) is 5.56 Å². The standard InChI is InChI=1S/C20H22O3/c1-3-4-5-6-15-23-19-13-11-17(12-14-19)16-7-9-18(10-8-16)20(21)22-2/h3,7-14H,1,4-6,15H2,2H3. The molecule has 120 valence electrons. The van der Waals surface area contributed by atoms with Gasteiger partial charge in [-0.15, -0.1) is 6.58 Å². The maximum atomic E-state index is 11.4. The largest absolute Gasteiger partial charge is 0.494 e. The number of benzene rings is 2. The van der Waals surface area contributed by atoms with Gasteiger partial charge in [0.2, 0.25) is 0 Å². The summed E-state index contributed by atoms with van der Waals surface area (Å²) >= 11 is 0. The third-order valence-corrected chi connectivity index (χ3v) is 3.56. The van der Waals surface area contributed by atoms with Crippen LogP contribution in [-0.4, -0.2) is 19.7 Å². The summed E-state index contributed by atoms with van der Waals surface area (Å²) in [6, 6.07) is 15.3. The van der Waals surface area contributed by atoms with Crippen LogP contribution in [0.4, 0.5) is 0 Å². The first-order chi connectivity index (χ1) is 11.2. The molecule has 0 heterocycles. The van der Waals surface area contributed by atoms with Crippen LogP contribution in [0.15, 0.2) is 61.2 Å². The van der Waals surface area contributed by atoms with Gasteiger partial charge >= 0.3 is 5.97 Å². The summed E-state index contributed by atoms with van der Waals surface area (Å²) in [6.45, 7) is 4.43. The lowest BCUT2D eigenvalue weighted by Crippen LogP contribution is -2.00. The summed E-state index contributed by atoms with van der Waals surface area (Å²) in [4.78, 5) is 11.4. The van der Waals surface area contributed by atoms with Gasteiger partial charge in [0.25, 0.3) is 0 Å². The highest BCUT2D eigenvalue weighted by Gasteiger charge is 2.05. The van der Waals surface area contributed by atoms with E-state index < -0.39 is 0 Å². The highest BCUT2D eigenvalue weighted by molar-refractivity contribution is 5.89. The Morgan fingerprint density at radius 2 is 1.61 bits per heavy atom. The summed E-state index contributed by atoms with van der Waals surface area (Å²) < 4.78 is 10.4. The van der Waals surface area contributed by atoms with E-state index in [1.807, 2.05) is 42.5 Å². The van der Waals surface area contributed by atoms with Crippen molar-refractivity contribution in [1.82, 2.24) is 0 Å². The maximum absolute atomic E-state index is 11.4. The number of methoxy groups -OCH3 is 1. The molecule has 0 saturated heterocycles. The van der Waals surface area contributed by atoms with Crippen LogP contribution in [0.5, 0.6) is 5.75 Å². The van der Waals surface area contributed by atoms with Gasteiger partial charge in [-0.05, 0) is 54.7 Å². The van der Waals surface area contributed by atoms with Gasteiger partial charge in [0.1, 0.15) is 5.75 Å². The molecule has 0 fully saturated rings. The van der Waals surface area contributed by atoms with Gasteiger partial charge in [-0.3, -0.25) is 0 Å². The van der Waals surface area contributed by atoms with Crippen molar-refractivity contribution < 1.29 is 14.3 Å². The van der Waals surface area contributed by atoms with E-state index in [1.165, 1.54) is 7.11 Å². The fourth-order valence-electron chi connectivity index (χ4n) is 2.24. The van der Waals surface area contributed by atoms with E-state index in [4.69, 9.17) is 9.47 Å². The number of hydrogen-bond donors (Lipinski definition) is 0. The van der Waals surface area contributed by atoms with Crippen LogP contribution in [-0.2, 0) is 4.74 Å². The SMILES string of the molecule is C=CCCCCOc1ccc(-c2ccc(C(=O)OC)cc2)cc1. The minimum atomic E-state index is -0.322. The first-order valence-electron chi connectivity index (χ1n) is 7.77. The summed E-state index contributed by atoms with van der Waals surface area (Å²) in [5.74, 6) is 0.551. The maximum Gasteiger partial charge on any atom is 0.337 e. The highest BCUT2D eigenvalue weighted by Crippen LogP contribution is 2.23. The zero-order valence-corrected chi connectivity index (χ0v) is 13.5. The van der Waals surface area contributed by atoms with Gasteiger partial charge < -0.3 is 9.47 Å². The number of carbonyl (C=O) groups excluding carboxylic acids is 1. The van der Waals surface area contributed by atoms with Crippen molar-refractivity contribution in [3.05, 3.63) is 66.7 Å². The molecule has 0 spiro atoms. The third kappa shape index (κ3) is 4.99. The Kier molecular flexibility index (Phi) is 6.42. The molecule has 0 aliphatic heterocycles. The molecule has 2 rings (SSSR count). The number of hydrogen-bond acceptors (Lipinski definition) is 3. The number of esters is 1. The number of allylic oxidation sites excluding steroid dienone is 1. The van der Waals surface area contributed by atoms with Crippen molar-refractivity contribution in [2.45, 2.75) is 19.3 Å². The molecular formula is C20H22O3. The van der Waals surface area contributed by atoms with E-state index >= 15 is 0 Å². The monoisotopic (exact) mass is 310 g/mol. The molecule has 0 atom stereocenters. The summed E-state index contributed by atoms with van der Waals surface area (Å²) in [5.41, 5.74) is 2.69. The molecular weight excluding hydrogens is 288 g/mol. The van der Waals surface area contributed by atoms with Crippen LogP contribution in [0.1, 0.15) is 29.6 Å². The molecule has 0 amide bonds.